The third-order valence-corrected chi connectivity index (χ3v) is 4.46. The van der Waals surface area contributed by atoms with Crippen molar-refractivity contribution < 1.29 is 18.7 Å². The smallest absolute Gasteiger partial charge is 0.290 e. The minimum absolute atomic E-state index is 0.0391. The van der Waals surface area contributed by atoms with Gasteiger partial charge in [-0.15, -0.1) is 0 Å². The van der Waals surface area contributed by atoms with Crippen LogP contribution in [0.25, 0.3) is 0 Å². The summed E-state index contributed by atoms with van der Waals surface area (Å²) in [5.41, 5.74) is 1.06. The van der Waals surface area contributed by atoms with Gasteiger partial charge in [-0.25, -0.2) is 0 Å². The second kappa shape index (κ2) is 8.86. The Hall–Kier alpha value is -2.60. The van der Waals surface area contributed by atoms with Gasteiger partial charge in [-0.1, -0.05) is 44.2 Å². The molecule has 1 atom stereocenters. The number of ether oxygens (including phenoxy) is 1. The Bertz CT molecular complexity index is 743. The summed E-state index contributed by atoms with van der Waals surface area (Å²) < 4.78 is 11.3. The van der Waals surface area contributed by atoms with E-state index in [-0.39, 0.29) is 30.2 Å². The molecule has 1 aromatic heterocycles. The molecular formula is C21H26N2O4. The lowest BCUT2D eigenvalue weighted by atomic mass is 10.2. The maximum absolute atomic E-state index is 12.7. The lowest BCUT2D eigenvalue weighted by Crippen LogP contribution is -2.40. The van der Waals surface area contributed by atoms with Gasteiger partial charge in [0.2, 0.25) is 5.91 Å². The highest BCUT2D eigenvalue weighted by molar-refractivity contribution is 5.94. The number of furan rings is 1. The Morgan fingerprint density at radius 1 is 1.19 bits per heavy atom. The molecule has 1 aromatic carbocycles. The van der Waals surface area contributed by atoms with Gasteiger partial charge in [-0.3, -0.25) is 9.59 Å². The first-order chi connectivity index (χ1) is 13.0. The van der Waals surface area contributed by atoms with Gasteiger partial charge in [0.1, 0.15) is 6.54 Å². The Kier molecular flexibility index (Phi) is 6.29. The van der Waals surface area contributed by atoms with Crippen LogP contribution in [0.4, 0.5) is 0 Å². The first-order valence-electron chi connectivity index (χ1n) is 9.29. The van der Waals surface area contributed by atoms with Gasteiger partial charge in [0, 0.05) is 19.6 Å². The number of carbonyl (C=O) groups excluding carboxylic acids is 2. The third kappa shape index (κ3) is 5.20. The first kappa shape index (κ1) is 19.2. The van der Waals surface area contributed by atoms with E-state index in [1.807, 2.05) is 30.3 Å². The number of rotatable bonds is 6. The summed E-state index contributed by atoms with van der Waals surface area (Å²) in [5, 5.41) is 0. The maximum atomic E-state index is 12.7. The molecule has 1 saturated heterocycles. The fourth-order valence-electron chi connectivity index (χ4n) is 3.20. The van der Waals surface area contributed by atoms with E-state index in [1.54, 1.807) is 17.0 Å². The number of benzene rings is 1. The van der Waals surface area contributed by atoms with Crippen molar-refractivity contribution in [3.63, 3.8) is 0 Å². The standard InChI is InChI=1S/C21H26N2O4/c1-16(2)11-22-12-18(27-15-17-7-4-3-5-8-17)13-23(14-20(22)24)21(25)19-9-6-10-26-19/h3-10,16,18H,11-15H2,1-2H3/t18-/m1/s1. The predicted octanol–water partition coefficient (Wildman–Crippen LogP) is 2.81. The lowest BCUT2D eigenvalue weighted by Gasteiger charge is -2.26. The molecule has 0 radical (unpaired) electrons. The van der Waals surface area contributed by atoms with Gasteiger partial charge in [0.15, 0.2) is 5.76 Å². The molecule has 0 spiro atoms. The molecule has 0 saturated carbocycles. The van der Waals surface area contributed by atoms with Gasteiger partial charge in [0.25, 0.3) is 5.91 Å². The van der Waals surface area contributed by atoms with Gasteiger partial charge in [0.05, 0.1) is 19.0 Å². The number of hydrogen-bond acceptors (Lipinski definition) is 4. The highest BCUT2D eigenvalue weighted by Gasteiger charge is 2.32. The van der Waals surface area contributed by atoms with Crippen LogP contribution in [0.5, 0.6) is 0 Å². The molecule has 3 rings (SSSR count). The molecule has 2 amide bonds. The third-order valence-electron chi connectivity index (χ3n) is 4.46. The topological polar surface area (TPSA) is 63.0 Å². The van der Waals surface area contributed by atoms with Crippen LogP contribution >= 0.6 is 0 Å². The zero-order valence-electron chi connectivity index (χ0n) is 15.8. The molecule has 6 heteroatoms. The minimum atomic E-state index is -0.284. The molecule has 27 heavy (non-hydrogen) atoms. The van der Waals surface area contributed by atoms with E-state index in [4.69, 9.17) is 9.15 Å². The SMILES string of the molecule is CC(C)CN1C[C@@H](OCc2ccccc2)CN(C(=O)c2ccco2)CC1=O. The lowest BCUT2D eigenvalue weighted by molar-refractivity contribution is -0.132. The Morgan fingerprint density at radius 2 is 1.96 bits per heavy atom. The van der Waals surface area contributed by atoms with Crippen molar-refractivity contribution in [1.82, 2.24) is 9.80 Å². The van der Waals surface area contributed by atoms with E-state index in [0.717, 1.165) is 5.56 Å². The second-order valence-corrected chi connectivity index (χ2v) is 7.27. The highest BCUT2D eigenvalue weighted by Crippen LogP contribution is 2.15. The van der Waals surface area contributed by atoms with Crippen LogP contribution in [-0.4, -0.2) is 53.9 Å². The molecule has 6 nitrogen and oxygen atoms in total. The summed E-state index contributed by atoms with van der Waals surface area (Å²) in [6.07, 6.45) is 1.20. The minimum Gasteiger partial charge on any atom is -0.459 e. The van der Waals surface area contributed by atoms with Gasteiger partial charge in [-0.05, 0) is 23.6 Å². The van der Waals surface area contributed by atoms with E-state index in [2.05, 4.69) is 13.8 Å². The van der Waals surface area contributed by atoms with Crippen LogP contribution in [0.2, 0.25) is 0 Å². The van der Waals surface area contributed by atoms with Crippen LogP contribution in [0.15, 0.2) is 53.1 Å². The summed E-state index contributed by atoms with van der Waals surface area (Å²) in [7, 11) is 0. The average molecular weight is 370 g/mol. The van der Waals surface area contributed by atoms with E-state index < -0.39 is 0 Å². The van der Waals surface area contributed by atoms with Crippen LogP contribution < -0.4 is 0 Å². The van der Waals surface area contributed by atoms with Gasteiger partial charge < -0.3 is 19.0 Å². The molecule has 0 N–H and O–H groups in total. The molecule has 1 aliphatic heterocycles. The molecule has 2 heterocycles. The monoisotopic (exact) mass is 370 g/mol. The van der Waals surface area contributed by atoms with E-state index >= 15 is 0 Å². The zero-order chi connectivity index (χ0) is 19.2. The number of nitrogens with zero attached hydrogens (tertiary/aromatic N) is 2. The second-order valence-electron chi connectivity index (χ2n) is 7.27. The van der Waals surface area contributed by atoms with Crippen molar-refractivity contribution >= 4 is 11.8 Å². The summed E-state index contributed by atoms with van der Waals surface area (Å²) >= 11 is 0. The van der Waals surface area contributed by atoms with Crippen molar-refractivity contribution in [1.29, 1.82) is 0 Å². The van der Waals surface area contributed by atoms with Gasteiger partial charge >= 0.3 is 0 Å². The fraction of sp³-hybridized carbons (Fsp3) is 0.429. The zero-order valence-corrected chi connectivity index (χ0v) is 15.8. The molecule has 0 aliphatic carbocycles. The van der Waals surface area contributed by atoms with Crippen molar-refractivity contribution in [2.45, 2.75) is 26.6 Å². The highest BCUT2D eigenvalue weighted by atomic mass is 16.5. The fourth-order valence-corrected chi connectivity index (χ4v) is 3.20. The molecule has 2 aromatic rings. The number of hydrogen-bond donors (Lipinski definition) is 0. The summed E-state index contributed by atoms with van der Waals surface area (Å²) in [4.78, 5) is 28.7. The van der Waals surface area contributed by atoms with Crippen LogP contribution in [-0.2, 0) is 16.1 Å². The molecular weight excluding hydrogens is 344 g/mol. The van der Waals surface area contributed by atoms with Crippen molar-refractivity contribution in [2.75, 3.05) is 26.2 Å². The normalized spacial score (nSPS) is 18.0. The summed E-state index contributed by atoms with van der Waals surface area (Å²) in [6, 6.07) is 13.2. The Morgan fingerprint density at radius 3 is 2.63 bits per heavy atom. The van der Waals surface area contributed by atoms with Gasteiger partial charge in [-0.2, -0.15) is 0 Å². The first-order valence-corrected chi connectivity index (χ1v) is 9.29. The largest absolute Gasteiger partial charge is 0.459 e. The molecule has 0 unspecified atom stereocenters. The molecule has 1 fully saturated rings. The van der Waals surface area contributed by atoms with Crippen LogP contribution in [0.3, 0.4) is 0 Å². The van der Waals surface area contributed by atoms with Crippen molar-refractivity contribution in [2.24, 2.45) is 5.92 Å². The maximum Gasteiger partial charge on any atom is 0.290 e. The number of carbonyl (C=O) groups is 2. The van der Waals surface area contributed by atoms with Crippen molar-refractivity contribution in [3.8, 4) is 0 Å². The van der Waals surface area contributed by atoms with Crippen molar-refractivity contribution in [3.05, 3.63) is 60.1 Å². The summed E-state index contributed by atoms with van der Waals surface area (Å²) in [5.74, 6) is 0.237. The Labute approximate surface area is 159 Å². The molecule has 0 bridgehead atoms. The molecule has 1 aliphatic rings. The quantitative estimate of drug-likeness (QED) is 0.784. The van der Waals surface area contributed by atoms with E-state index in [1.165, 1.54) is 11.2 Å². The van der Waals surface area contributed by atoms with Crippen LogP contribution in [0.1, 0.15) is 30.0 Å². The average Bonchev–Trinajstić information content (AvgIpc) is 3.14. The Balaban J connectivity index is 1.74. The predicted molar refractivity (Wildman–Crippen MR) is 101 cm³/mol. The molecule has 144 valence electrons. The van der Waals surface area contributed by atoms with Crippen LogP contribution in [0, 0.1) is 5.92 Å². The summed E-state index contributed by atoms with van der Waals surface area (Å²) in [6.45, 7) is 6.11. The van der Waals surface area contributed by atoms with E-state index in [9.17, 15) is 9.59 Å². The van der Waals surface area contributed by atoms with E-state index in [0.29, 0.717) is 32.2 Å². The number of amides is 2.